The van der Waals surface area contributed by atoms with Crippen LogP contribution in [0.5, 0.6) is 0 Å². The summed E-state index contributed by atoms with van der Waals surface area (Å²) in [4.78, 5) is 38.8. The molecule has 7 rings (SSSR count). The highest BCUT2D eigenvalue weighted by Crippen LogP contribution is 2.72. The maximum Gasteiger partial charge on any atom is 0.316 e. The van der Waals surface area contributed by atoms with Crippen LogP contribution in [0.2, 0.25) is 0 Å². The number of rotatable bonds is 4. The van der Waals surface area contributed by atoms with E-state index in [1.165, 1.54) is 11.1 Å². The number of fused-ring (bicyclic) bond motifs is 4. The van der Waals surface area contributed by atoms with Crippen molar-refractivity contribution in [3.05, 3.63) is 71.0 Å². The van der Waals surface area contributed by atoms with Crippen LogP contribution < -0.4 is 0 Å². The molecule has 2 aromatic rings. The van der Waals surface area contributed by atoms with Gasteiger partial charge in [-0.3, -0.25) is 14.4 Å². The monoisotopic (exact) mass is 540 g/mol. The minimum absolute atomic E-state index is 0.00540. The zero-order valence-corrected chi connectivity index (χ0v) is 23.9. The summed E-state index contributed by atoms with van der Waals surface area (Å²) < 4.78 is 19.1. The molecule has 208 valence electrons. The largest absolute Gasteiger partial charge is 0.464 e. The van der Waals surface area contributed by atoms with Crippen LogP contribution in [0.25, 0.3) is 11.3 Å². The fraction of sp³-hybridized carbons (Fsp3) is 0.500. The summed E-state index contributed by atoms with van der Waals surface area (Å²) >= 11 is 0. The molecule has 1 saturated carbocycles. The Hall–Kier alpha value is -3.25. The van der Waals surface area contributed by atoms with Gasteiger partial charge < -0.3 is 13.9 Å². The predicted molar refractivity (Wildman–Crippen MR) is 148 cm³/mol. The number of ether oxygens (including phenoxy) is 2. The maximum atomic E-state index is 13.8. The minimum atomic E-state index is -0.821. The van der Waals surface area contributed by atoms with Gasteiger partial charge in [-0.1, -0.05) is 63.1 Å². The molecule has 2 aliphatic heterocycles. The number of hydrogen-bond donors (Lipinski definition) is 0. The van der Waals surface area contributed by atoms with Crippen LogP contribution in [0.3, 0.4) is 0 Å². The summed E-state index contributed by atoms with van der Waals surface area (Å²) in [6, 6.07) is 9.59. The van der Waals surface area contributed by atoms with Gasteiger partial charge in [-0.05, 0) is 50.8 Å². The molecule has 0 N–H and O–H groups in total. The molecule has 9 atom stereocenters. The molecule has 3 fully saturated rings. The van der Waals surface area contributed by atoms with Crippen LogP contribution in [-0.4, -0.2) is 35.8 Å². The van der Waals surface area contributed by atoms with Crippen molar-refractivity contribution < 1.29 is 28.3 Å². The molecule has 5 aliphatic rings. The molecule has 6 nitrogen and oxygen atoms in total. The predicted octanol–water partition coefficient (Wildman–Crippen LogP) is 6.46. The fourth-order valence-corrected chi connectivity index (χ4v) is 9.77. The Balaban J connectivity index is 1.33. The van der Waals surface area contributed by atoms with Crippen molar-refractivity contribution in [2.24, 2.45) is 28.1 Å². The van der Waals surface area contributed by atoms with Gasteiger partial charge in [0.15, 0.2) is 11.6 Å². The highest BCUT2D eigenvalue weighted by Gasteiger charge is 2.77. The lowest BCUT2D eigenvalue weighted by Crippen LogP contribution is -2.65. The van der Waals surface area contributed by atoms with E-state index < -0.39 is 22.3 Å². The van der Waals surface area contributed by atoms with E-state index in [9.17, 15) is 14.4 Å². The first-order valence-electron chi connectivity index (χ1n) is 14.5. The number of hydrogen-bond acceptors (Lipinski definition) is 6. The number of allylic oxidation sites excluding steroid dienone is 2. The highest BCUT2D eigenvalue weighted by molar-refractivity contribution is 6.00. The molecule has 40 heavy (non-hydrogen) atoms. The molecular formula is C34H36O6. The molecule has 0 spiro atoms. The third kappa shape index (κ3) is 2.90. The van der Waals surface area contributed by atoms with E-state index in [-0.39, 0.29) is 47.5 Å². The molecule has 0 radical (unpaired) electrons. The number of esters is 1. The molecule has 2 saturated heterocycles. The van der Waals surface area contributed by atoms with Gasteiger partial charge >= 0.3 is 5.97 Å². The SMILES string of the molecule is CC[C@H]1[C@]2(C)C3=C(C)[C@H](c4ccoc4-c4ccc(C(C)=O)cc4)C[C@H]3O[C@@H]2[C@@H]2OC(=O)[C@]3(C)C=CC(=O)[C@@]1(C)[C@@H]23. The smallest absolute Gasteiger partial charge is 0.316 e. The Morgan fingerprint density at radius 3 is 2.45 bits per heavy atom. The lowest BCUT2D eigenvalue weighted by molar-refractivity contribution is -0.186. The summed E-state index contributed by atoms with van der Waals surface area (Å²) in [7, 11) is 0. The Bertz CT molecular complexity index is 1530. The quantitative estimate of drug-likeness (QED) is 0.251. The van der Waals surface area contributed by atoms with E-state index in [0.717, 1.165) is 29.7 Å². The van der Waals surface area contributed by atoms with Gasteiger partial charge in [-0.25, -0.2) is 0 Å². The second-order valence-electron chi connectivity index (χ2n) is 13.1. The van der Waals surface area contributed by atoms with E-state index >= 15 is 0 Å². The fourth-order valence-electron chi connectivity index (χ4n) is 9.77. The van der Waals surface area contributed by atoms with Gasteiger partial charge in [0, 0.05) is 39.4 Å². The first-order valence-corrected chi connectivity index (χ1v) is 14.5. The topological polar surface area (TPSA) is 82.8 Å². The number of furan rings is 1. The third-order valence-corrected chi connectivity index (χ3v) is 11.4. The van der Waals surface area contributed by atoms with E-state index in [0.29, 0.717) is 5.56 Å². The number of benzene rings is 1. The molecular weight excluding hydrogens is 504 g/mol. The number of ketones is 2. The second kappa shape index (κ2) is 8.16. The first-order chi connectivity index (χ1) is 19.0. The lowest BCUT2D eigenvalue weighted by Gasteiger charge is -2.59. The van der Waals surface area contributed by atoms with Gasteiger partial charge in [0.1, 0.15) is 18.0 Å². The number of carbonyl (C=O) groups excluding carboxylic acids is 3. The van der Waals surface area contributed by atoms with Crippen LogP contribution in [-0.2, 0) is 19.1 Å². The van der Waals surface area contributed by atoms with Crippen molar-refractivity contribution in [1.82, 2.24) is 0 Å². The summed E-state index contributed by atoms with van der Waals surface area (Å²) in [5.41, 5.74) is 3.22. The Morgan fingerprint density at radius 1 is 1.05 bits per heavy atom. The zero-order chi connectivity index (χ0) is 28.4. The Kier molecular flexibility index (Phi) is 5.24. The summed E-state index contributed by atoms with van der Waals surface area (Å²) in [6.07, 6.45) is 5.84. The van der Waals surface area contributed by atoms with Crippen molar-refractivity contribution in [2.45, 2.75) is 78.6 Å². The first kappa shape index (κ1) is 25.7. The normalized spacial score (nSPS) is 41.1. The van der Waals surface area contributed by atoms with Crippen molar-refractivity contribution >= 4 is 17.5 Å². The number of Topliss-reactive ketones (excluding diaryl/α,β-unsaturated/α-hetero) is 1. The van der Waals surface area contributed by atoms with E-state index in [1.54, 1.807) is 25.3 Å². The van der Waals surface area contributed by atoms with Crippen LogP contribution in [0.1, 0.15) is 76.2 Å². The molecule has 0 unspecified atom stereocenters. The van der Waals surface area contributed by atoms with E-state index in [1.807, 2.05) is 37.3 Å². The lowest BCUT2D eigenvalue weighted by atomic mass is 9.42. The summed E-state index contributed by atoms with van der Waals surface area (Å²) in [5.74, 6) is 0.519. The highest BCUT2D eigenvalue weighted by atomic mass is 16.6. The molecule has 3 aliphatic carbocycles. The molecule has 3 heterocycles. The molecule has 0 bridgehead atoms. The van der Waals surface area contributed by atoms with Gasteiger partial charge in [0.05, 0.1) is 17.8 Å². The molecule has 1 aromatic carbocycles. The van der Waals surface area contributed by atoms with Gasteiger partial charge in [-0.15, -0.1) is 0 Å². The summed E-state index contributed by atoms with van der Waals surface area (Å²) in [5, 5.41) is 0. The molecule has 1 aromatic heterocycles. The average Bonchev–Trinajstić information content (AvgIpc) is 3.65. The van der Waals surface area contributed by atoms with Gasteiger partial charge in [-0.2, -0.15) is 0 Å². The van der Waals surface area contributed by atoms with Crippen molar-refractivity contribution in [3.8, 4) is 11.3 Å². The summed E-state index contributed by atoms with van der Waals surface area (Å²) in [6.45, 7) is 12.2. The van der Waals surface area contributed by atoms with Crippen molar-refractivity contribution in [3.63, 3.8) is 0 Å². The van der Waals surface area contributed by atoms with E-state index in [2.05, 4.69) is 27.7 Å². The van der Waals surface area contributed by atoms with Crippen LogP contribution >= 0.6 is 0 Å². The zero-order valence-electron chi connectivity index (χ0n) is 23.9. The van der Waals surface area contributed by atoms with Gasteiger partial charge in [0.25, 0.3) is 0 Å². The second-order valence-corrected chi connectivity index (χ2v) is 13.1. The van der Waals surface area contributed by atoms with Crippen LogP contribution in [0.4, 0.5) is 0 Å². The maximum absolute atomic E-state index is 13.8. The number of carbonyl (C=O) groups is 3. The standard InChI is InChI=1S/C34H36O6/c1-7-24-33(5)25(36)12-14-32(4)29(33)28(40-31(32)37)30-34(24,6)26-17(2)22(16-23(26)39-30)21-13-15-38-27(21)20-10-8-19(9-11-20)18(3)35/h8-15,22-24,28-30H,7,16H2,1-6H3/t22-,23-,24-,28-,29+,30-,32-,33+,34-/m1/s1. The third-order valence-electron chi connectivity index (χ3n) is 11.4. The van der Waals surface area contributed by atoms with E-state index in [4.69, 9.17) is 13.9 Å². The van der Waals surface area contributed by atoms with Crippen molar-refractivity contribution in [2.75, 3.05) is 0 Å². The Morgan fingerprint density at radius 2 is 1.77 bits per heavy atom. The molecule has 6 heteroatoms. The minimum Gasteiger partial charge on any atom is -0.464 e. The van der Waals surface area contributed by atoms with Crippen molar-refractivity contribution in [1.29, 1.82) is 0 Å². The van der Waals surface area contributed by atoms with Gasteiger partial charge in [0.2, 0.25) is 0 Å². The average molecular weight is 541 g/mol. The van der Waals surface area contributed by atoms with Crippen LogP contribution in [0.15, 0.2) is 64.3 Å². The van der Waals surface area contributed by atoms with Crippen LogP contribution in [0, 0.1) is 28.1 Å². The Labute approximate surface area is 234 Å². The molecule has 0 amide bonds.